The molecule has 168 valence electrons. The van der Waals surface area contributed by atoms with Crippen molar-refractivity contribution in [1.82, 2.24) is 34.7 Å². The number of fused-ring (bicyclic) bond motifs is 2. The average Bonchev–Trinajstić information content (AvgIpc) is 3.30. The lowest BCUT2D eigenvalue weighted by Gasteiger charge is -2.26. The van der Waals surface area contributed by atoms with E-state index in [1.165, 1.54) is 0 Å². The van der Waals surface area contributed by atoms with E-state index in [9.17, 15) is 4.79 Å². The fraction of sp³-hybridized carbons (Fsp3) is 0.200. The molecule has 0 spiro atoms. The molecule has 34 heavy (non-hydrogen) atoms. The van der Waals surface area contributed by atoms with Crippen molar-refractivity contribution < 1.29 is 9.53 Å². The molecule has 9 nitrogen and oxygen atoms in total. The summed E-state index contributed by atoms with van der Waals surface area (Å²) < 4.78 is 7.10. The van der Waals surface area contributed by atoms with Crippen LogP contribution in [0.4, 0.5) is 0 Å². The van der Waals surface area contributed by atoms with Gasteiger partial charge in [-0.05, 0) is 42.0 Å². The second-order valence-corrected chi connectivity index (χ2v) is 8.18. The molecule has 1 aliphatic heterocycles. The third kappa shape index (κ3) is 3.86. The van der Waals surface area contributed by atoms with Crippen molar-refractivity contribution in [1.29, 1.82) is 0 Å². The van der Waals surface area contributed by atoms with Crippen LogP contribution >= 0.6 is 0 Å². The molecule has 1 aliphatic rings. The van der Waals surface area contributed by atoms with Crippen molar-refractivity contribution in [2.75, 3.05) is 26.3 Å². The van der Waals surface area contributed by atoms with Crippen LogP contribution in [0.15, 0.2) is 67.1 Å². The number of carbonyl (C=O) groups excluding carboxylic acids is 1. The molecule has 1 fully saturated rings. The van der Waals surface area contributed by atoms with Crippen LogP contribution in [0.2, 0.25) is 0 Å². The molecule has 1 saturated heterocycles. The molecule has 1 aromatic carbocycles. The molecule has 0 unspecified atom stereocenters. The predicted octanol–water partition coefficient (Wildman–Crippen LogP) is 2.80. The maximum atomic E-state index is 12.9. The number of hydrogen-bond donors (Lipinski definition) is 0. The number of nitrogens with zero attached hydrogens (tertiary/aromatic N) is 7. The second-order valence-electron chi connectivity index (χ2n) is 8.18. The molecule has 6 rings (SSSR count). The van der Waals surface area contributed by atoms with E-state index in [0.717, 1.165) is 27.9 Å². The van der Waals surface area contributed by atoms with Crippen LogP contribution in [0, 0.1) is 0 Å². The highest BCUT2D eigenvalue weighted by molar-refractivity contribution is 5.95. The second kappa shape index (κ2) is 8.60. The van der Waals surface area contributed by atoms with E-state index in [4.69, 9.17) is 9.84 Å². The number of rotatable bonds is 4. The van der Waals surface area contributed by atoms with Gasteiger partial charge in [0, 0.05) is 49.1 Å². The van der Waals surface area contributed by atoms with Gasteiger partial charge < -0.3 is 9.64 Å². The summed E-state index contributed by atoms with van der Waals surface area (Å²) in [5.74, 6) is 0.683. The van der Waals surface area contributed by atoms with Crippen molar-refractivity contribution in [2.24, 2.45) is 0 Å². The Labute approximate surface area is 195 Å². The SMILES string of the molecule is O=C(c1cncc(-c2ccc3nnc(Cc4ccc5ncccc5c4)n3n2)c1)N1CCOCC1. The number of ether oxygens (including phenoxy) is 1. The fourth-order valence-corrected chi connectivity index (χ4v) is 4.16. The lowest BCUT2D eigenvalue weighted by molar-refractivity contribution is 0.0302. The first-order chi connectivity index (χ1) is 16.7. The first-order valence-electron chi connectivity index (χ1n) is 11.1. The summed E-state index contributed by atoms with van der Waals surface area (Å²) in [6, 6.07) is 15.7. The van der Waals surface area contributed by atoms with Gasteiger partial charge >= 0.3 is 0 Å². The normalized spacial score (nSPS) is 14.1. The van der Waals surface area contributed by atoms with Crippen molar-refractivity contribution in [2.45, 2.75) is 6.42 Å². The zero-order valence-corrected chi connectivity index (χ0v) is 18.3. The average molecular weight is 451 g/mol. The van der Waals surface area contributed by atoms with Gasteiger partial charge in [0.2, 0.25) is 0 Å². The van der Waals surface area contributed by atoms with Gasteiger partial charge in [-0.15, -0.1) is 10.2 Å². The number of hydrogen-bond acceptors (Lipinski definition) is 7. The third-order valence-corrected chi connectivity index (χ3v) is 5.94. The molecular weight excluding hydrogens is 430 g/mol. The summed E-state index contributed by atoms with van der Waals surface area (Å²) in [5.41, 5.74) is 4.71. The monoisotopic (exact) mass is 451 g/mol. The van der Waals surface area contributed by atoms with Crippen molar-refractivity contribution in [3.8, 4) is 11.3 Å². The quantitative estimate of drug-likeness (QED) is 0.414. The number of amides is 1. The number of aromatic nitrogens is 6. The zero-order valence-electron chi connectivity index (χ0n) is 18.3. The molecule has 5 aromatic rings. The predicted molar refractivity (Wildman–Crippen MR) is 125 cm³/mol. The Morgan fingerprint density at radius 3 is 2.82 bits per heavy atom. The van der Waals surface area contributed by atoms with E-state index in [1.54, 1.807) is 28.0 Å². The van der Waals surface area contributed by atoms with E-state index >= 15 is 0 Å². The van der Waals surface area contributed by atoms with Crippen LogP contribution in [-0.2, 0) is 11.2 Å². The molecule has 0 N–H and O–H groups in total. The van der Waals surface area contributed by atoms with Gasteiger partial charge in [-0.3, -0.25) is 14.8 Å². The minimum Gasteiger partial charge on any atom is -0.378 e. The zero-order chi connectivity index (χ0) is 22.9. The Morgan fingerprint density at radius 1 is 1.00 bits per heavy atom. The topological polar surface area (TPSA) is 98.4 Å². The van der Waals surface area contributed by atoms with Crippen molar-refractivity contribution in [3.05, 3.63) is 84.1 Å². The largest absolute Gasteiger partial charge is 0.378 e. The Hall–Kier alpha value is -4.24. The van der Waals surface area contributed by atoms with Crippen LogP contribution in [-0.4, -0.2) is 66.9 Å². The fourth-order valence-electron chi connectivity index (χ4n) is 4.16. The molecule has 0 aliphatic carbocycles. The summed E-state index contributed by atoms with van der Waals surface area (Å²) >= 11 is 0. The van der Waals surface area contributed by atoms with Gasteiger partial charge in [0.05, 0.1) is 30.0 Å². The highest BCUT2D eigenvalue weighted by Crippen LogP contribution is 2.20. The summed E-state index contributed by atoms with van der Waals surface area (Å²) in [7, 11) is 0. The molecule has 0 bridgehead atoms. The van der Waals surface area contributed by atoms with Gasteiger partial charge in [0.1, 0.15) is 0 Å². The van der Waals surface area contributed by atoms with E-state index in [-0.39, 0.29) is 5.91 Å². The van der Waals surface area contributed by atoms with Crippen LogP contribution in [0.25, 0.3) is 27.8 Å². The standard InChI is InChI=1S/C25H21N7O2/c33-25(31-8-10-34-11-9-31)20-14-19(15-26-16-20)22-5-6-23-28-29-24(32(23)30-22)13-17-3-4-21-18(12-17)2-1-7-27-21/h1-7,12,14-16H,8-11,13H2. The minimum atomic E-state index is -0.0468. The Balaban J connectivity index is 1.31. The molecule has 4 aromatic heterocycles. The van der Waals surface area contributed by atoms with Crippen LogP contribution in [0.5, 0.6) is 0 Å². The van der Waals surface area contributed by atoms with Gasteiger partial charge in [-0.1, -0.05) is 12.1 Å². The molecule has 1 amide bonds. The van der Waals surface area contributed by atoms with Crippen LogP contribution < -0.4 is 0 Å². The van der Waals surface area contributed by atoms with Gasteiger partial charge in [-0.2, -0.15) is 9.61 Å². The van der Waals surface area contributed by atoms with Crippen molar-refractivity contribution >= 4 is 22.5 Å². The van der Waals surface area contributed by atoms with Crippen LogP contribution in [0.1, 0.15) is 21.7 Å². The summed E-state index contributed by atoms with van der Waals surface area (Å²) in [5, 5.41) is 14.5. The molecule has 0 atom stereocenters. The lowest BCUT2D eigenvalue weighted by Crippen LogP contribution is -2.40. The Morgan fingerprint density at radius 2 is 1.91 bits per heavy atom. The van der Waals surface area contributed by atoms with E-state index in [1.807, 2.05) is 42.5 Å². The Bertz CT molecular complexity index is 1510. The number of carbonyl (C=O) groups is 1. The highest BCUT2D eigenvalue weighted by atomic mass is 16.5. The van der Waals surface area contributed by atoms with Crippen molar-refractivity contribution in [3.63, 3.8) is 0 Å². The Kier molecular flexibility index (Phi) is 5.15. The van der Waals surface area contributed by atoms with E-state index < -0.39 is 0 Å². The number of benzene rings is 1. The third-order valence-electron chi connectivity index (χ3n) is 5.94. The van der Waals surface area contributed by atoms with Gasteiger partial charge in [-0.25, -0.2) is 0 Å². The first-order valence-corrected chi connectivity index (χ1v) is 11.1. The smallest absolute Gasteiger partial charge is 0.255 e. The highest BCUT2D eigenvalue weighted by Gasteiger charge is 2.19. The summed E-state index contributed by atoms with van der Waals surface area (Å²) in [4.78, 5) is 23.4. The lowest BCUT2D eigenvalue weighted by atomic mass is 10.1. The molecule has 0 radical (unpaired) electrons. The number of morpholine rings is 1. The van der Waals surface area contributed by atoms with Gasteiger partial charge in [0.15, 0.2) is 11.5 Å². The van der Waals surface area contributed by atoms with Crippen LogP contribution in [0.3, 0.4) is 0 Å². The van der Waals surface area contributed by atoms with E-state index in [2.05, 4.69) is 26.2 Å². The van der Waals surface area contributed by atoms with E-state index in [0.29, 0.717) is 49.6 Å². The molecule has 0 saturated carbocycles. The molecule has 9 heteroatoms. The summed E-state index contributed by atoms with van der Waals surface area (Å²) in [6.45, 7) is 2.28. The maximum absolute atomic E-state index is 12.9. The molecule has 5 heterocycles. The first kappa shape index (κ1) is 20.4. The maximum Gasteiger partial charge on any atom is 0.255 e. The number of pyridine rings is 2. The van der Waals surface area contributed by atoms with Gasteiger partial charge in [0.25, 0.3) is 5.91 Å². The molecular formula is C25H21N7O2. The minimum absolute atomic E-state index is 0.0468. The summed E-state index contributed by atoms with van der Waals surface area (Å²) in [6.07, 6.45) is 5.68.